The summed E-state index contributed by atoms with van der Waals surface area (Å²) in [6, 6.07) is 11.6. The average molecular weight is 401 g/mol. The Balaban J connectivity index is 1.48. The van der Waals surface area contributed by atoms with Gasteiger partial charge in [-0.3, -0.25) is 9.20 Å². The van der Waals surface area contributed by atoms with Crippen LogP contribution in [0.25, 0.3) is 5.65 Å². The molecule has 0 radical (unpaired) electrons. The number of nitrogens with one attached hydrogen (secondary N) is 1. The summed E-state index contributed by atoms with van der Waals surface area (Å²) in [5.41, 5.74) is 1.86. The summed E-state index contributed by atoms with van der Waals surface area (Å²) in [5.74, 6) is 1.74. The van der Waals surface area contributed by atoms with Gasteiger partial charge >= 0.3 is 0 Å². The molecule has 0 fully saturated rings. The van der Waals surface area contributed by atoms with Crippen LogP contribution in [-0.4, -0.2) is 46.0 Å². The number of rotatable bonds is 10. The predicted molar refractivity (Wildman–Crippen MR) is 109 cm³/mol. The molecule has 2 heterocycles. The highest BCUT2D eigenvalue weighted by atomic mass is 32.2. The van der Waals surface area contributed by atoms with E-state index in [1.54, 1.807) is 0 Å². The fourth-order valence-corrected chi connectivity index (χ4v) is 3.45. The van der Waals surface area contributed by atoms with Crippen LogP contribution < -0.4 is 14.8 Å². The van der Waals surface area contributed by atoms with Crippen molar-refractivity contribution in [3.8, 4) is 11.5 Å². The number of pyridine rings is 1. The molecule has 0 aliphatic carbocycles. The molecule has 8 heteroatoms. The first-order chi connectivity index (χ1) is 13.7. The van der Waals surface area contributed by atoms with Crippen LogP contribution in [0.2, 0.25) is 0 Å². The van der Waals surface area contributed by atoms with Crippen LogP contribution in [0, 0.1) is 0 Å². The standard InChI is InChI=1S/C20H24N4O3S/c1-3-26-16-9-8-15(13-17(16)27-4-2)10-11-21-19(25)14-28-20-23-22-18-7-5-6-12-24(18)20/h5-9,12-13H,3-4,10-11,14H2,1-2H3,(H,21,25). The highest BCUT2D eigenvalue weighted by Crippen LogP contribution is 2.28. The summed E-state index contributed by atoms with van der Waals surface area (Å²) in [7, 11) is 0. The molecule has 1 N–H and O–H groups in total. The van der Waals surface area contributed by atoms with Crippen LogP contribution in [0.15, 0.2) is 47.8 Å². The van der Waals surface area contributed by atoms with Gasteiger partial charge in [-0.25, -0.2) is 0 Å². The summed E-state index contributed by atoms with van der Waals surface area (Å²) < 4.78 is 13.1. The highest BCUT2D eigenvalue weighted by molar-refractivity contribution is 7.99. The van der Waals surface area contributed by atoms with Crippen LogP contribution in [0.4, 0.5) is 0 Å². The zero-order valence-electron chi connectivity index (χ0n) is 16.1. The quantitative estimate of drug-likeness (QED) is 0.527. The van der Waals surface area contributed by atoms with Gasteiger partial charge in [0.15, 0.2) is 22.3 Å². The Morgan fingerprint density at radius 2 is 1.93 bits per heavy atom. The van der Waals surface area contributed by atoms with E-state index in [9.17, 15) is 4.79 Å². The second-order valence-electron chi connectivity index (χ2n) is 5.95. The number of benzene rings is 1. The van der Waals surface area contributed by atoms with Crippen molar-refractivity contribution in [1.29, 1.82) is 0 Å². The van der Waals surface area contributed by atoms with Crippen LogP contribution in [0.3, 0.4) is 0 Å². The normalized spacial score (nSPS) is 10.8. The Kier molecular flexibility index (Phi) is 7.13. The number of hydrogen-bond donors (Lipinski definition) is 1. The number of amides is 1. The Morgan fingerprint density at radius 3 is 2.75 bits per heavy atom. The molecule has 0 bridgehead atoms. The van der Waals surface area contributed by atoms with E-state index in [4.69, 9.17) is 9.47 Å². The van der Waals surface area contributed by atoms with E-state index < -0.39 is 0 Å². The number of fused-ring (bicyclic) bond motifs is 1. The zero-order valence-corrected chi connectivity index (χ0v) is 16.9. The molecule has 0 unspecified atom stereocenters. The van der Waals surface area contributed by atoms with E-state index in [0.717, 1.165) is 29.1 Å². The molecule has 1 amide bonds. The van der Waals surface area contributed by atoms with Gasteiger partial charge in [0.2, 0.25) is 5.91 Å². The lowest BCUT2D eigenvalue weighted by molar-refractivity contribution is -0.118. The third kappa shape index (κ3) is 5.16. The maximum atomic E-state index is 12.1. The second kappa shape index (κ2) is 9.98. The molecule has 7 nitrogen and oxygen atoms in total. The van der Waals surface area contributed by atoms with Gasteiger partial charge in [-0.15, -0.1) is 10.2 Å². The van der Waals surface area contributed by atoms with Crippen molar-refractivity contribution in [2.24, 2.45) is 0 Å². The van der Waals surface area contributed by atoms with E-state index in [1.165, 1.54) is 11.8 Å². The van der Waals surface area contributed by atoms with E-state index in [2.05, 4.69) is 15.5 Å². The predicted octanol–water partition coefficient (Wildman–Crippen LogP) is 2.98. The summed E-state index contributed by atoms with van der Waals surface area (Å²) >= 11 is 1.37. The number of nitrogens with zero attached hydrogens (tertiary/aromatic N) is 3. The van der Waals surface area contributed by atoms with Gasteiger partial charge in [-0.1, -0.05) is 23.9 Å². The van der Waals surface area contributed by atoms with Crippen molar-refractivity contribution in [1.82, 2.24) is 19.9 Å². The van der Waals surface area contributed by atoms with Crippen LogP contribution in [0.5, 0.6) is 11.5 Å². The van der Waals surface area contributed by atoms with E-state index >= 15 is 0 Å². The Labute approximate surface area is 168 Å². The summed E-state index contributed by atoms with van der Waals surface area (Å²) in [6.45, 7) is 5.61. The van der Waals surface area contributed by atoms with Gasteiger partial charge in [-0.05, 0) is 50.1 Å². The van der Waals surface area contributed by atoms with Crippen molar-refractivity contribution in [3.05, 3.63) is 48.2 Å². The number of aromatic nitrogens is 3. The topological polar surface area (TPSA) is 77.8 Å². The molecule has 0 aliphatic rings. The zero-order chi connectivity index (χ0) is 19.8. The van der Waals surface area contributed by atoms with E-state index in [1.807, 2.05) is 60.8 Å². The molecule has 0 spiro atoms. The minimum Gasteiger partial charge on any atom is -0.490 e. The molecule has 0 saturated heterocycles. The maximum absolute atomic E-state index is 12.1. The first-order valence-corrected chi connectivity index (χ1v) is 10.3. The molecular weight excluding hydrogens is 376 g/mol. The van der Waals surface area contributed by atoms with Crippen molar-refractivity contribution in [3.63, 3.8) is 0 Å². The smallest absolute Gasteiger partial charge is 0.230 e. The minimum atomic E-state index is -0.0337. The number of carbonyl (C=O) groups is 1. The first kappa shape index (κ1) is 20.0. The molecular formula is C20H24N4O3S. The van der Waals surface area contributed by atoms with Gasteiger partial charge in [0, 0.05) is 12.7 Å². The Bertz CT molecular complexity index is 929. The molecule has 148 valence electrons. The summed E-state index contributed by atoms with van der Waals surface area (Å²) in [6.07, 6.45) is 2.61. The molecule has 0 atom stereocenters. The molecule has 0 aliphatic heterocycles. The number of thioether (sulfide) groups is 1. The SMILES string of the molecule is CCOc1ccc(CCNC(=O)CSc2nnc3ccccn23)cc1OCC. The van der Waals surface area contributed by atoms with Gasteiger partial charge in [0.25, 0.3) is 0 Å². The van der Waals surface area contributed by atoms with Gasteiger partial charge in [0.1, 0.15) is 0 Å². The third-order valence-corrected chi connectivity index (χ3v) is 4.90. The minimum absolute atomic E-state index is 0.0337. The van der Waals surface area contributed by atoms with Crippen molar-refractivity contribution in [2.45, 2.75) is 25.4 Å². The van der Waals surface area contributed by atoms with Crippen LogP contribution in [0.1, 0.15) is 19.4 Å². The number of ether oxygens (including phenoxy) is 2. The average Bonchev–Trinajstić information content (AvgIpc) is 3.12. The lowest BCUT2D eigenvalue weighted by Crippen LogP contribution is -2.27. The van der Waals surface area contributed by atoms with Gasteiger partial charge in [0.05, 0.1) is 19.0 Å². The van der Waals surface area contributed by atoms with Crippen molar-refractivity contribution < 1.29 is 14.3 Å². The molecule has 0 saturated carbocycles. The second-order valence-corrected chi connectivity index (χ2v) is 6.89. The summed E-state index contributed by atoms with van der Waals surface area (Å²) in [4.78, 5) is 12.1. The number of hydrogen-bond acceptors (Lipinski definition) is 6. The molecule has 2 aromatic heterocycles. The number of carbonyl (C=O) groups excluding carboxylic acids is 1. The van der Waals surface area contributed by atoms with Crippen LogP contribution in [-0.2, 0) is 11.2 Å². The fraction of sp³-hybridized carbons (Fsp3) is 0.350. The van der Waals surface area contributed by atoms with Crippen molar-refractivity contribution in [2.75, 3.05) is 25.5 Å². The molecule has 28 heavy (non-hydrogen) atoms. The third-order valence-electron chi connectivity index (χ3n) is 3.96. The Hall–Kier alpha value is -2.74. The summed E-state index contributed by atoms with van der Waals surface area (Å²) in [5, 5.41) is 11.8. The van der Waals surface area contributed by atoms with E-state index in [0.29, 0.717) is 30.7 Å². The monoisotopic (exact) mass is 400 g/mol. The molecule has 3 rings (SSSR count). The first-order valence-electron chi connectivity index (χ1n) is 9.29. The van der Waals surface area contributed by atoms with E-state index in [-0.39, 0.29) is 5.91 Å². The highest BCUT2D eigenvalue weighted by Gasteiger charge is 2.09. The lowest BCUT2D eigenvalue weighted by Gasteiger charge is -2.12. The lowest BCUT2D eigenvalue weighted by atomic mass is 10.1. The van der Waals surface area contributed by atoms with Gasteiger partial charge < -0.3 is 14.8 Å². The fourth-order valence-electron chi connectivity index (χ4n) is 2.70. The van der Waals surface area contributed by atoms with Crippen LogP contribution >= 0.6 is 11.8 Å². The molecule has 1 aromatic carbocycles. The Morgan fingerprint density at radius 1 is 1.11 bits per heavy atom. The van der Waals surface area contributed by atoms with Crippen molar-refractivity contribution >= 4 is 23.3 Å². The largest absolute Gasteiger partial charge is 0.490 e. The van der Waals surface area contributed by atoms with Gasteiger partial charge in [-0.2, -0.15) is 0 Å². The molecule has 3 aromatic rings. The maximum Gasteiger partial charge on any atom is 0.230 e.